The highest BCUT2D eigenvalue weighted by Crippen LogP contribution is 2.25. The summed E-state index contributed by atoms with van der Waals surface area (Å²) < 4.78 is 20.6. The number of halogens is 1. The first-order valence-electron chi connectivity index (χ1n) is 8.36. The Kier molecular flexibility index (Phi) is 4.86. The molecule has 4 aromatic rings. The smallest absolute Gasteiger partial charge is 0.270 e. The van der Waals surface area contributed by atoms with Gasteiger partial charge in [-0.15, -0.1) is 11.3 Å². The van der Waals surface area contributed by atoms with Gasteiger partial charge in [-0.1, -0.05) is 12.1 Å². The van der Waals surface area contributed by atoms with Crippen molar-refractivity contribution in [3.63, 3.8) is 0 Å². The van der Waals surface area contributed by atoms with Gasteiger partial charge in [-0.25, -0.2) is 9.38 Å². The van der Waals surface area contributed by atoms with E-state index in [1.807, 2.05) is 22.1 Å². The van der Waals surface area contributed by atoms with Gasteiger partial charge < -0.3 is 8.98 Å². The molecule has 28 heavy (non-hydrogen) atoms. The minimum Gasteiger partial charge on any atom is -0.467 e. The average Bonchev–Trinajstić information content (AvgIpc) is 3.35. The fourth-order valence-corrected chi connectivity index (χ4v) is 3.69. The highest BCUT2D eigenvalue weighted by molar-refractivity contribution is 7.07. The molecule has 0 bridgehead atoms. The maximum atomic E-state index is 13.2. The van der Waals surface area contributed by atoms with E-state index in [9.17, 15) is 14.5 Å². The van der Waals surface area contributed by atoms with Crippen LogP contribution < -0.4 is 4.80 Å². The molecule has 0 spiro atoms. The van der Waals surface area contributed by atoms with Gasteiger partial charge in [0.15, 0.2) is 4.80 Å². The molecule has 4 rings (SSSR count). The highest BCUT2D eigenvalue weighted by atomic mass is 32.1. The van der Waals surface area contributed by atoms with Crippen LogP contribution >= 0.6 is 11.3 Å². The number of furan rings is 1. The molecule has 2 aromatic carbocycles. The molecular weight excluding hydrogens is 381 g/mol. The average molecular weight is 395 g/mol. The maximum absolute atomic E-state index is 13.2. The van der Waals surface area contributed by atoms with Crippen LogP contribution in [0, 0.1) is 15.9 Å². The van der Waals surface area contributed by atoms with E-state index in [0.29, 0.717) is 22.6 Å². The molecule has 0 N–H and O–H groups in total. The fraction of sp³-hybridized carbons (Fsp3) is 0.0500. The van der Waals surface area contributed by atoms with E-state index >= 15 is 0 Å². The second-order valence-electron chi connectivity index (χ2n) is 5.96. The standard InChI is InChI=1S/C20H14FN3O3S/c21-15-6-8-16(9-7-15)22-20-23(12-18-5-2-10-27-18)19(13-28-20)14-3-1-4-17(11-14)24(25)26/h1-11,13H,12H2. The van der Waals surface area contributed by atoms with E-state index in [2.05, 4.69) is 4.99 Å². The lowest BCUT2D eigenvalue weighted by atomic mass is 10.1. The van der Waals surface area contributed by atoms with Crippen molar-refractivity contribution in [2.75, 3.05) is 0 Å². The number of non-ortho nitro benzene ring substituents is 1. The molecule has 0 saturated carbocycles. The van der Waals surface area contributed by atoms with Crippen LogP contribution in [-0.2, 0) is 6.54 Å². The molecule has 8 heteroatoms. The van der Waals surface area contributed by atoms with Crippen LogP contribution in [0.1, 0.15) is 5.76 Å². The molecule has 2 aromatic heterocycles. The lowest BCUT2D eigenvalue weighted by molar-refractivity contribution is -0.384. The number of nitro groups is 1. The van der Waals surface area contributed by atoms with Crippen molar-refractivity contribution >= 4 is 22.7 Å². The van der Waals surface area contributed by atoms with Gasteiger partial charge in [0, 0.05) is 23.1 Å². The zero-order valence-electron chi connectivity index (χ0n) is 14.5. The number of thiazole rings is 1. The zero-order chi connectivity index (χ0) is 19.5. The second-order valence-corrected chi connectivity index (χ2v) is 6.80. The molecule has 0 aliphatic heterocycles. The topological polar surface area (TPSA) is 73.6 Å². The monoisotopic (exact) mass is 395 g/mol. The number of nitrogens with zero attached hydrogens (tertiary/aromatic N) is 3. The zero-order valence-corrected chi connectivity index (χ0v) is 15.3. The summed E-state index contributed by atoms with van der Waals surface area (Å²) in [5, 5.41) is 13.0. The van der Waals surface area contributed by atoms with Crippen LogP contribution in [0.15, 0.2) is 81.7 Å². The molecular formula is C20H14FN3O3S. The van der Waals surface area contributed by atoms with Crippen LogP contribution in [0.25, 0.3) is 11.3 Å². The summed E-state index contributed by atoms with van der Waals surface area (Å²) in [6.45, 7) is 0.411. The first-order valence-corrected chi connectivity index (χ1v) is 9.24. The van der Waals surface area contributed by atoms with E-state index in [1.54, 1.807) is 30.5 Å². The van der Waals surface area contributed by atoms with Crippen molar-refractivity contribution < 1.29 is 13.7 Å². The molecule has 0 amide bonds. The minimum absolute atomic E-state index is 0.0188. The third-order valence-electron chi connectivity index (χ3n) is 4.10. The van der Waals surface area contributed by atoms with Crippen LogP contribution in [0.3, 0.4) is 0 Å². The lowest BCUT2D eigenvalue weighted by Gasteiger charge is -2.08. The molecule has 0 saturated heterocycles. The summed E-state index contributed by atoms with van der Waals surface area (Å²) in [5.41, 5.74) is 2.12. The minimum atomic E-state index is -0.420. The number of rotatable bonds is 5. The predicted molar refractivity (Wildman–Crippen MR) is 104 cm³/mol. The van der Waals surface area contributed by atoms with Crippen LogP contribution in [0.5, 0.6) is 0 Å². The Morgan fingerprint density at radius 2 is 1.96 bits per heavy atom. The molecule has 0 aliphatic rings. The number of hydrogen-bond acceptors (Lipinski definition) is 5. The quantitative estimate of drug-likeness (QED) is 0.347. The van der Waals surface area contributed by atoms with Crippen LogP contribution in [-0.4, -0.2) is 9.49 Å². The first kappa shape index (κ1) is 17.9. The molecule has 0 atom stereocenters. The van der Waals surface area contributed by atoms with Crippen molar-refractivity contribution in [2.45, 2.75) is 6.54 Å². The van der Waals surface area contributed by atoms with Gasteiger partial charge in [0.25, 0.3) is 5.69 Å². The van der Waals surface area contributed by atoms with Crippen LogP contribution in [0.4, 0.5) is 15.8 Å². The maximum Gasteiger partial charge on any atom is 0.270 e. The van der Waals surface area contributed by atoms with E-state index in [1.165, 1.54) is 35.6 Å². The largest absolute Gasteiger partial charge is 0.467 e. The number of aromatic nitrogens is 1. The Morgan fingerprint density at radius 1 is 1.14 bits per heavy atom. The van der Waals surface area contributed by atoms with E-state index < -0.39 is 4.92 Å². The van der Waals surface area contributed by atoms with Crippen molar-refractivity contribution in [3.8, 4) is 11.3 Å². The van der Waals surface area contributed by atoms with Crippen molar-refractivity contribution in [1.82, 2.24) is 4.57 Å². The molecule has 2 heterocycles. The molecule has 0 aliphatic carbocycles. The van der Waals surface area contributed by atoms with Gasteiger partial charge in [-0.3, -0.25) is 10.1 Å². The first-order chi connectivity index (χ1) is 13.6. The Bertz CT molecular complexity index is 1180. The molecule has 0 fully saturated rings. The summed E-state index contributed by atoms with van der Waals surface area (Å²) in [7, 11) is 0. The third kappa shape index (κ3) is 3.77. The highest BCUT2D eigenvalue weighted by Gasteiger charge is 2.13. The van der Waals surface area contributed by atoms with Gasteiger partial charge in [-0.05, 0) is 36.4 Å². The predicted octanol–water partition coefficient (Wildman–Crippen LogP) is 5.14. The van der Waals surface area contributed by atoms with Crippen molar-refractivity contribution in [3.05, 3.63) is 98.8 Å². The number of hydrogen-bond donors (Lipinski definition) is 0. The van der Waals surface area contributed by atoms with Crippen molar-refractivity contribution in [1.29, 1.82) is 0 Å². The Balaban J connectivity index is 1.85. The fourth-order valence-electron chi connectivity index (χ4n) is 2.77. The summed E-state index contributed by atoms with van der Waals surface area (Å²) in [4.78, 5) is 16.0. The Hall–Kier alpha value is -3.52. The summed E-state index contributed by atoms with van der Waals surface area (Å²) in [6, 6.07) is 16.0. The number of nitro benzene ring substituents is 1. The van der Waals surface area contributed by atoms with Gasteiger partial charge in [0.2, 0.25) is 0 Å². The third-order valence-corrected chi connectivity index (χ3v) is 4.96. The second kappa shape index (κ2) is 7.61. The van der Waals surface area contributed by atoms with Crippen LogP contribution in [0.2, 0.25) is 0 Å². The molecule has 6 nitrogen and oxygen atoms in total. The van der Waals surface area contributed by atoms with Crippen molar-refractivity contribution in [2.24, 2.45) is 4.99 Å². The van der Waals surface area contributed by atoms with E-state index in [-0.39, 0.29) is 11.5 Å². The van der Waals surface area contributed by atoms with Gasteiger partial charge in [-0.2, -0.15) is 0 Å². The van der Waals surface area contributed by atoms with Gasteiger partial charge >= 0.3 is 0 Å². The summed E-state index contributed by atoms with van der Waals surface area (Å²) >= 11 is 1.40. The Labute approximate surface area is 163 Å². The van der Waals surface area contributed by atoms with Gasteiger partial charge in [0.05, 0.1) is 29.1 Å². The van der Waals surface area contributed by atoms with E-state index in [4.69, 9.17) is 4.42 Å². The normalized spacial score (nSPS) is 11.7. The van der Waals surface area contributed by atoms with Gasteiger partial charge in [0.1, 0.15) is 11.6 Å². The lowest BCUT2D eigenvalue weighted by Crippen LogP contribution is -2.16. The molecule has 0 radical (unpaired) electrons. The summed E-state index contributed by atoms with van der Waals surface area (Å²) in [6.07, 6.45) is 1.59. The summed E-state index contributed by atoms with van der Waals surface area (Å²) in [5.74, 6) is 0.400. The Morgan fingerprint density at radius 3 is 2.68 bits per heavy atom. The van der Waals surface area contributed by atoms with E-state index in [0.717, 1.165) is 11.5 Å². The number of benzene rings is 2. The molecule has 140 valence electrons. The molecule has 0 unspecified atom stereocenters. The SMILES string of the molecule is O=[N+]([O-])c1cccc(-c2csc(=Nc3ccc(F)cc3)n2Cc2ccco2)c1.